The van der Waals surface area contributed by atoms with Gasteiger partial charge in [0.25, 0.3) is 0 Å². The second-order valence-electron chi connectivity index (χ2n) is 10.9. The first-order valence-corrected chi connectivity index (χ1v) is 19.7. The molecular weight excluding hydrogens is 793 g/mol. The molecule has 0 aliphatic carbocycles. The van der Waals surface area contributed by atoms with E-state index in [1.807, 2.05) is 36.4 Å². The second kappa shape index (κ2) is 17.5. The van der Waals surface area contributed by atoms with Crippen molar-refractivity contribution in [2.75, 3.05) is 13.2 Å². The van der Waals surface area contributed by atoms with Gasteiger partial charge in [0.05, 0.1) is 12.1 Å². The third-order valence-electron chi connectivity index (χ3n) is 6.72. The molecule has 2 aromatic rings. The Morgan fingerprint density at radius 3 is 1.29 bits per heavy atom. The van der Waals surface area contributed by atoms with Crippen LogP contribution in [0.25, 0.3) is 0 Å². The molecule has 2 heterocycles. The molecule has 0 aromatic heterocycles. The molecule has 0 N–H and O–H groups in total. The molecular formula is C30H40Br2N2O2Pd2. The number of nitrogens with zero attached hydrogens (tertiary/aromatic N) is 2. The molecule has 8 heteroatoms. The minimum absolute atomic E-state index is 0.190. The van der Waals surface area contributed by atoms with Crippen LogP contribution in [0.3, 0.4) is 0 Å². The molecule has 4 nitrogen and oxygen atoms in total. The predicted octanol–water partition coefficient (Wildman–Crippen LogP) is 8.12. The van der Waals surface area contributed by atoms with Crippen LogP contribution in [-0.4, -0.2) is 37.1 Å². The van der Waals surface area contributed by atoms with Crippen LogP contribution in [0.4, 0.5) is 0 Å². The number of aliphatic imine (C=N–C) groups is 2. The van der Waals surface area contributed by atoms with Crippen molar-refractivity contribution in [3.63, 3.8) is 0 Å². The van der Waals surface area contributed by atoms with E-state index >= 15 is 0 Å². The third kappa shape index (κ3) is 9.94. The van der Waals surface area contributed by atoms with Crippen molar-refractivity contribution in [1.29, 1.82) is 0 Å². The van der Waals surface area contributed by atoms with Gasteiger partial charge in [-0.05, 0) is 39.5 Å². The predicted molar refractivity (Wildman–Crippen MR) is 158 cm³/mol. The summed E-state index contributed by atoms with van der Waals surface area (Å²) in [5.74, 6) is 2.75. The van der Waals surface area contributed by atoms with Gasteiger partial charge in [0.1, 0.15) is 13.2 Å². The summed E-state index contributed by atoms with van der Waals surface area (Å²) in [6.07, 6.45) is 0. The van der Waals surface area contributed by atoms with Crippen LogP contribution in [0.15, 0.2) is 58.5 Å². The monoisotopic (exact) mass is 830 g/mol. The Morgan fingerprint density at radius 1 is 0.711 bits per heavy atom. The molecule has 0 unspecified atom stereocenters. The fourth-order valence-corrected chi connectivity index (χ4v) is 3.94. The molecule has 0 saturated carbocycles. The van der Waals surface area contributed by atoms with E-state index in [0.29, 0.717) is 37.1 Å². The average molecular weight is 833 g/mol. The van der Waals surface area contributed by atoms with Gasteiger partial charge in [0.15, 0.2) is 11.8 Å². The molecule has 0 amide bonds. The van der Waals surface area contributed by atoms with Gasteiger partial charge < -0.3 is 9.47 Å². The molecule has 2 aliphatic heterocycles. The van der Waals surface area contributed by atoms with Gasteiger partial charge in [-0.25, -0.2) is 9.98 Å². The van der Waals surface area contributed by atoms with E-state index in [2.05, 4.69) is 141 Å². The van der Waals surface area contributed by atoms with Gasteiger partial charge >= 0.3 is 61.2 Å². The average Bonchev–Trinajstić information content (AvgIpc) is 3.64. The first-order valence-electron chi connectivity index (χ1n) is 12.6. The van der Waals surface area contributed by atoms with Crippen molar-refractivity contribution in [1.82, 2.24) is 0 Å². The molecule has 2 aromatic carbocycles. The SMILES string of the molecule is CC(C)[C@H]1COC(C(C)(C)c2[c-]cccc2)=N1.CC(C)[C@H]1COC(C(C)(C)c2[c-]cccc2)=N1.[Br][Pd+].[Br][Pd+]. The van der Waals surface area contributed by atoms with E-state index in [4.69, 9.17) is 19.5 Å². The number of rotatable bonds is 6. The molecule has 0 bridgehead atoms. The van der Waals surface area contributed by atoms with Crippen LogP contribution in [0, 0.1) is 24.0 Å². The molecule has 0 spiro atoms. The zero-order chi connectivity index (χ0) is 28.9. The van der Waals surface area contributed by atoms with E-state index in [1.165, 1.54) is 0 Å². The number of ether oxygens (including phenoxy) is 2. The maximum atomic E-state index is 5.78. The zero-order valence-electron chi connectivity index (χ0n) is 23.4. The number of hydrogen-bond donors (Lipinski definition) is 0. The van der Waals surface area contributed by atoms with E-state index < -0.39 is 0 Å². The van der Waals surface area contributed by atoms with E-state index in [9.17, 15) is 0 Å². The van der Waals surface area contributed by atoms with Crippen LogP contribution in [-0.2, 0) is 54.7 Å². The second-order valence-corrected chi connectivity index (χ2v) is 10.9. The van der Waals surface area contributed by atoms with Crippen molar-refractivity contribution in [2.24, 2.45) is 21.8 Å². The van der Waals surface area contributed by atoms with Gasteiger partial charge in [-0.2, -0.15) is 60.7 Å². The number of hydrogen-bond acceptors (Lipinski definition) is 4. The molecule has 0 radical (unpaired) electrons. The first-order chi connectivity index (χ1) is 18.0. The standard InChI is InChI=1S/2C15H20NO.2BrH.2Pd/c2*1-11(2)13-10-17-14(16-13)15(3,4)12-8-6-5-7-9-12;;;;/h2*5-8,11,13H,10H2,1-4H3;2*1H;;/q2*-1;;;2*+2/p-2/t2*13-;;;;/m11..../s1. The minimum atomic E-state index is -0.190. The van der Waals surface area contributed by atoms with E-state index in [-0.39, 0.29) is 10.8 Å². The summed E-state index contributed by atoms with van der Waals surface area (Å²) in [6, 6.07) is 23.2. The van der Waals surface area contributed by atoms with Crippen LogP contribution in [0.2, 0.25) is 0 Å². The zero-order valence-corrected chi connectivity index (χ0v) is 29.7. The van der Waals surface area contributed by atoms with Crippen LogP contribution in [0.5, 0.6) is 0 Å². The van der Waals surface area contributed by atoms with Gasteiger partial charge in [-0.1, -0.05) is 27.7 Å². The Labute approximate surface area is 265 Å². The summed E-state index contributed by atoms with van der Waals surface area (Å²) in [7, 11) is 0. The van der Waals surface area contributed by atoms with Crippen LogP contribution >= 0.6 is 26.9 Å². The van der Waals surface area contributed by atoms with Crippen molar-refractivity contribution in [3.05, 3.63) is 71.8 Å². The summed E-state index contributed by atoms with van der Waals surface area (Å²) in [4.78, 5) is 9.42. The van der Waals surface area contributed by atoms with Crippen LogP contribution < -0.4 is 0 Å². The summed E-state index contributed by atoms with van der Waals surface area (Å²) in [6.45, 7) is 18.7. The van der Waals surface area contributed by atoms with Gasteiger partial charge in [-0.3, -0.25) is 0 Å². The van der Waals surface area contributed by atoms with Crippen molar-refractivity contribution >= 4 is 38.7 Å². The Kier molecular flexibility index (Phi) is 16.4. The molecule has 2 aliphatic rings. The molecule has 2 atom stereocenters. The topological polar surface area (TPSA) is 43.2 Å². The summed E-state index contributed by atoms with van der Waals surface area (Å²) in [5, 5.41) is 0. The fraction of sp³-hybridized carbons (Fsp3) is 0.533. The van der Waals surface area contributed by atoms with Gasteiger partial charge in [0.2, 0.25) is 0 Å². The molecule has 0 fully saturated rings. The summed E-state index contributed by atoms with van der Waals surface area (Å²) < 4.78 is 11.6. The van der Waals surface area contributed by atoms with Crippen LogP contribution in [0.1, 0.15) is 66.5 Å². The molecule has 38 heavy (non-hydrogen) atoms. The molecule has 216 valence electrons. The number of benzene rings is 2. The quantitative estimate of drug-likeness (QED) is 0.218. The third-order valence-corrected chi connectivity index (χ3v) is 6.72. The molecule has 0 saturated heterocycles. The Bertz CT molecular complexity index is 916. The van der Waals surface area contributed by atoms with Crippen molar-refractivity contribution < 1.29 is 43.8 Å². The summed E-state index contributed by atoms with van der Waals surface area (Å²) >= 11 is 10.7. The normalized spacial score (nSPS) is 18.5. The fourth-order valence-electron chi connectivity index (χ4n) is 3.94. The van der Waals surface area contributed by atoms with Gasteiger partial charge in [-0.15, -0.1) is 11.1 Å². The van der Waals surface area contributed by atoms with Crippen molar-refractivity contribution in [2.45, 2.75) is 78.3 Å². The maximum absolute atomic E-state index is 5.78. The molecule has 4 rings (SSSR count). The van der Waals surface area contributed by atoms with Gasteiger partial charge in [0, 0.05) is 10.8 Å². The Morgan fingerprint density at radius 2 is 1.05 bits per heavy atom. The van der Waals surface area contributed by atoms with E-state index in [1.54, 1.807) is 0 Å². The number of halogens is 2. The van der Waals surface area contributed by atoms with Crippen molar-refractivity contribution in [3.8, 4) is 0 Å². The Balaban J connectivity index is 0.000000336. The Hall–Kier alpha value is -0.335. The van der Waals surface area contributed by atoms with E-state index in [0.717, 1.165) is 22.9 Å². The first kappa shape index (κ1) is 35.7. The summed E-state index contributed by atoms with van der Waals surface area (Å²) in [5.41, 5.74) is 1.88.